The molecule has 68 valence electrons. The Bertz CT molecular complexity index is 217. The number of rotatable bonds is 4. The fourth-order valence-corrected chi connectivity index (χ4v) is 0.710. The highest BCUT2D eigenvalue weighted by Crippen LogP contribution is 2.14. The number of ether oxygens (including phenoxy) is 2. The molecule has 0 atom stereocenters. The molecule has 12 heavy (non-hydrogen) atoms. The highest BCUT2D eigenvalue weighted by atomic mass is 35.5. The summed E-state index contributed by atoms with van der Waals surface area (Å²) >= 11 is 5.83. The Kier molecular flexibility index (Phi) is 5.30. The SMILES string of the molecule is C=C/C(=C\C(Cl)=C(/C)OC)OC. The van der Waals surface area contributed by atoms with Gasteiger partial charge in [0.2, 0.25) is 0 Å². The lowest BCUT2D eigenvalue weighted by Crippen LogP contribution is -1.85. The number of methoxy groups -OCH3 is 2. The van der Waals surface area contributed by atoms with Crippen LogP contribution in [-0.4, -0.2) is 14.2 Å². The van der Waals surface area contributed by atoms with Crippen LogP contribution in [0.1, 0.15) is 6.92 Å². The second-order valence-corrected chi connectivity index (χ2v) is 2.47. The molecule has 0 unspecified atom stereocenters. The highest BCUT2D eigenvalue weighted by molar-refractivity contribution is 6.31. The first kappa shape index (κ1) is 11.1. The molecule has 0 aliphatic rings. The predicted molar refractivity (Wildman–Crippen MR) is 50.9 cm³/mol. The molecule has 0 aliphatic heterocycles. The Morgan fingerprint density at radius 2 is 1.92 bits per heavy atom. The maximum absolute atomic E-state index is 5.83. The van der Waals surface area contributed by atoms with Crippen LogP contribution in [0.15, 0.2) is 35.3 Å². The van der Waals surface area contributed by atoms with Crippen molar-refractivity contribution >= 4 is 11.6 Å². The first-order valence-electron chi connectivity index (χ1n) is 3.44. The Morgan fingerprint density at radius 1 is 1.33 bits per heavy atom. The van der Waals surface area contributed by atoms with Crippen LogP contribution in [0, 0.1) is 0 Å². The van der Waals surface area contributed by atoms with Crippen molar-refractivity contribution < 1.29 is 9.47 Å². The number of allylic oxidation sites excluding steroid dienone is 4. The van der Waals surface area contributed by atoms with Gasteiger partial charge in [-0.3, -0.25) is 0 Å². The van der Waals surface area contributed by atoms with E-state index in [9.17, 15) is 0 Å². The fourth-order valence-electron chi connectivity index (χ4n) is 0.525. The summed E-state index contributed by atoms with van der Waals surface area (Å²) < 4.78 is 9.85. The van der Waals surface area contributed by atoms with Crippen LogP contribution in [0.5, 0.6) is 0 Å². The standard InChI is InChI=1S/C9H13ClO2/c1-5-8(12-4)6-9(10)7(2)11-3/h5-6H,1H2,2-4H3/b8-6+,9-7-. The second-order valence-electron chi connectivity index (χ2n) is 2.06. The van der Waals surface area contributed by atoms with Gasteiger partial charge < -0.3 is 9.47 Å². The molecule has 0 bridgehead atoms. The molecule has 0 aromatic heterocycles. The average molecular weight is 189 g/mol. The van der Waals surface area contributed by atoms with Crippen molar-refractivity contribution in [3.8, 4) is 0 Å². The van der Waals surface area contributed by atoms with Crippen molar-refractivity contribution in [2.45, 2.75) is 6.92 Å². The van der Waals surface area contributed by atoms with Crippen LogP contribution in [0.25, 0.3) is 0 Å². The summed E-state index contributed by atoms with van der Waals surface area (Å²) in [5.74, 6) is 1.25. The van der Waals surface area contributed by atoms with Gasteiger partial charge in [-0.05, 0) is 13.0 Å². The molecule has 0 amide bonds. The third kappa shape index (κ3) is 3.49. The average Bonchev–Trinajstić information content (AvgIpc) is 2.12. The van der Waals surface area contributed by atoms with Crippen LogP contribution in [0.3, 0.4) is 0 Å². The molecule has 0 saturated carbocycles. The number of halogens is 1. The Labute approximate surface area is 78.1 Å². The lowest BCUT2D eigenvalue weighted by Gasteiger charge is -2.02. The maximum atomic E-state index is 5.83. The summed E-state index contributed by atoms with van der Waals surface area (Å²) in [4.78, 5) is 0. The van der Waals surface area contributed by atoms with E-state index in [0.29, 0.717) is 16.6 Å². The van der Waals surface area contributed by atoms with Gasteiger partial charge in [0.25, 0.3) is 0 Å². The zero-order chi connectivity index (χ0) is 9.56. The molecule has 3 heteroatoms. The van der Waals surface area contributed by atoms with E-state index in [2.05, 4.69) is 6.58 Å². The summed E-state index contributed by atoms with van der Waals surface area (Å²) in [6.45, 7) is 5.33. The fraction of sp³-hybridized carbons (Fsp3) is 0.333. The van der Waals surface area contributed by atoms with E-state index in [1.807, 2.05) is 0 Å². The minimum Gasteiger partial charge on any atom is -0.500 e. The van der Waals surface area contributed by atoms with Gasteiger partial charge in [-0.1, -0.05) is 18.2 Å². The normalized spacial score (nSPS) is 13.5. The lowest BCUT2D eigenvalue weighted by atomic mass is 10.4. The minimum absolute atomic E-state index is 0.509. The van der Waals surface area contributed by atoms with Crippen molar-refractivity contribution in [1.29, 1.82) is 0 Å². The third-order valence-electron chi connectivity index (χ3n) is 1.35. The highest BCUT2D eigenvalue weighted by Gasteiger charge is 1.97. The van der Waals surface area contributed by atoms with E-state index >= 15 is 0 Å². The topological polar surface area (TPSA) is 18.5 Å². The third-order valence-corrected chi connectivity index (χ3v) is 1.72. The first-order valence-corrected chi connectivity index (χ1v) is 3.82. The molecule has 0 heterocycles. The molecule has 0 spiro atoms. The van der Waals surface area contributed by atoms with Crippen molar-refractivity contribution in [3.05, 3.63) is 35.3 Å². The molecule has 0 aromatic rings. The van der Waals surface area contributed by atoms with Crippen molar-refractivity contribution in [2.75, 3.05) is 14.2 Å². The molecule has 0 fully saturated rings. The van der Waals surface area contributed by atoms with Crippen LogP contribution >= 0.6 is 11.6 Å². The maximum Gasteiger partial charge on any atom is 0.119 e. The molecule has 2 nitrogen and oxygen atoms in total. The zero-order valence-electron chi connectivity index (χ0n) is 7.56. The van der Waals surface area contributed by atoms with Gasteiger partial charge in [0.05, 0.1) is 19.3 Å². The molecule has 0 rings (SSSR count). The van der Waals surface area contributed by atoms with Crippen molar-refractivity contribution in [1.82, 2.24) is 0 Å². The van der Waals surface area contributed by atoms with Crippen molar-refractivity contribution in [2.24, 2.45) is 0 Å². The van der Waals surface area contributed by atoms with Gasteiger partial charge in [-0.2, -0.15) is 0 Å². The smallest absolute Gasteiger partial charge is 0.119 e. The summed E-state index contributed by atoms with van der Waals surface area (Å²) in [6, 6.07) is 0. The number of hydrogen-bond acceptors (Lipinski definition) is 2. The van der Waals surface area contributed by atoms with E-state index in [0.717, 1.165) is 0 Å². The quantitative estimate of drug-likeness (QED) is 0.499. The molecule has 0 saturated heterocycles. The summed E-state index contributed by atoms with van der Waals surface area (Å²) in [5, 5.41) is 0.509. The van der Waals surface area contributed by atoms with Gasteiger partial charge >= 0.3 is 0 Å². The zero-order valence-corrected chi connectivity index (χ0v) is 8.31. The van der Waals surface area contributed by atoms with Crippen LogP contribution in [-0.2, 0) is 9.47 Å². The number of hydrogen-bond donors (Lipinski definition) is 0. The molecular formula is C9H13ClO2. The Balaban J connectivity index is 4.60. The monoisotopic (exact) mass is 188 g/mol. The van der Waals surface area contributed by atoms with Crippen LogP contribution in [0.4, 0.5) is 0 Å². The molecule has 0 radical (unpaired) electrons. The Morgan fingerprint density at radius 3 is 2.25 bits per heavy atom. The summed E-state index contributed by atoms with van der Waals surface area (Å²) in [6.07, 6.45) is 3.22. The second kappa shape index (κ2) is 5.72. The van der Waals surface area contributed by atoms with E-state index < -0.39 is 0 Å². The predicted octanol–water partition coefficient (Wildman–Crippen LogP) is 2.82. The molecular weight excluding hydrogens is 176 g/mol. The van der Waals surface area contributed by atoms with Crippen LogP contribution in [0.2, 0.25) is 0 Å². The largest absolute Gasteiger partial charge is 0.500 e. The van der Waals surface area contributed by atoms with E-state index in [-0.39, 0.29) is 0 Å². The van der Waals surface area contributed by atoms with E-state index in [1.165, 1.54) is 0 Å². The van der Waals surface area contributed by atoms with E-state index in [1.54, 1.807) is 33.3 Å². The van der Waals surface area contributed by atoms with Crippen LogP contribution < -0.4 is 0 Å². The summed E-state index contributed by atoms with van der Waals surface area (Å²) in [5.41, 5.74) is 0. The van der Waals surface area contributed by atoms with Crippen molar-refractivity contribution in [3.63, 3.8) is 0 Å². The molecule has 0 aromatic carbocycles. The molecule has 0 aliphatic carbocycles. The Hall–Kier alpha value is -0.890. The first-order chi connectivity index (χ1) is 5.65. The van der Waals surface area contributed by atoms with Gasteiger partial charge in [0.15, 0.2) is 0 Å². The lowest BCUT2D eigenvalue weighted by molar-refractivity contribution is 0.290. The van der Waals surface area contributed by atoms with Gasteiger partial charge in [-0.25, -0.2) is 0 Å². The van der Waals surface area contributed by atoms with Gasteiger partial charge in [0.1, 0.15) is 11.5 Å². The minimum atomic E-state index is 0.509. The van der Waals surface area contributed by atoms with Gasteiger partial charge in [0, 0.05) is 6.08 Å². The van der Waals surface area contributed by atoms with Gasteiger partial charge in [-0.15, -0.1) is 0 Å². The van der Waals surface area contributed by atoms with E-state index in [4.69, 9.17) is 21.1 Å². The molecule has 0 N–H and O–H groups in total. The summed E-state index contributed by atoms with van der Waals surface area (Å²) in [7, 11) is 3.12.